The zero-order valence-corrected chi connectivity index (χ0v) is 16.5. The normalized spacial score (nSPS) is 18.3. The lowest BCUT2D eigenvalue weighted by molar-refractivity contribution is -0.138. The summed E-state index contributed by atoms with van der Waals surface area (Å²) in [6.45, 7) is 11.3. The number of carbonyl (C=O) groups excluding carboxylic acids is 1. The van der Waals surface area contributed by atoms with Gasteiger partial charge in [0.25, 0.3) is 0 Å². The molecule has 1 aromatic carbocycles. The van der Waals surface area contributed by atoms with E-state index in [0.717, 1.165) is 36.3 Å². The number of hydrogen-bond acceptors (Lipinski definition) is 5. The molecule has 0 radical (unpaired) electrons. The molecule has 144 valence electrons. The molecular formula is C20H30N2O4. The molecule has 1 aliphatic heterocycles. The molecule has 26 heavy (non-hydrogen) atoms. The Balaban J connectivity index is 2.10. The molecule has 1 heterocycles. The number of Topliss-reactive ketones (excluding diaryl/α,β-unsaturated/α-hetero) is 1. The number of morpholine rings is 1. The number of carbonyl (C=O) groups is 2. The van der Waals surface area contributed by atoms with Gasteiger partial charge in [-0.2, -0.15) is 0 Å². The summed E-state index contributed by atoms with van der Waals surface area (Å²) < 4.78 is 5.81. The van der Waals surface area contributed by atoms with E-state index in [9.17, 15) is 9.59 Å². The van der Waals surface area contributed by atoms with Crippen LogP contribution in [0.15, 0.2) is 6.07 Å². The van der Waals surface area contributed by atoms with E-state index in [-0.39, 0.29) is 18.4 Å². The van der Waals surface area contributed by atoms with Crippen LogP contribution in [-0.2, 0) is 16.1 Å². The van der Waals surface area contributed by atoms with Gasteiger partial charge < -0.3 is 9.84 Å². The van der Waals surface area contributed by atoms with Crippen LogP contribution in [0.25, 0.3) is 0 Å². The Morgan fingerprint density at radius 1 is 1.31 bits per heavy atom. The van der Waals surface area contributed by atoms with Crippen molar-refractivity contribution in [3.8, 4) is 0 Å². The third kappa shape index (κ3) is 5.13. The highest BCUT2D eigenvalue weighted by molar-refractivity contribution is 5.97. The minimum Gasteiger partial charge on any atom is -0.480 e. The molecule has 0 bridgehead atoms. The third-order valence-electron chi connectivity index (χ3n) is 5.01. The molecule has 1 aromatic rings. The minimum atomic E-state index is -0.831. The van der Waals surface area contributed by atoms with E-state index >= 15 is 0 Å². The number of nitrogens with zero attached hydrogens (tertiary/aromatic N) is 2. The summed E-state index contributed by atoms with van der Waals surface area (Å²) in [6, 6.07) is 2.09. The smallest absolute Gasteiger partial charge is 0.317 e. The van der Waals surface area contributed by atoms with Crippen molar-refractivity contribution in [1.82, 2.24) is 9.80 Å². The van der Waals surface area contributed by atoms with Crippen molar-refractivity contribution in [2.45, 2.75) is 40.3 Å². The van der Waals surface area contributed by atoms with Crippen LogP contribution >= 0.6 is 0 Å². The van der Waals surface area contributed by atoms with Gasteiger partial charge in [0.1, 0.15) is 0 Å². The monoisotopic (exact) mass is 362 g/mol. The number of likely N-dealkylation sites (N-methyl/N-ethyl adjacent to an activating group) is 1. The molecule has 2 rings (SSSR count). The molecule has 1 fully saturated rings. The fourth-order valence-electron chi connectivity index (χ4n) is 3.91. The van der Waals surface area contributed by atoms with Gasteiger partial charge in [-0.15, -0.1) is 0 Å². The first kappa shape index (κ1) is 20.6. The van der Waals surface area contributed by atoms with Crippen LogP contribution in [0.3, 0.4) is 0 Å². The Labute approximate surface area is 155 Å². The molecule has 6 heteroatoms. The van der Waals surface area contributed by atoms with E-state index in [1.165, 1.54) is 11.1 Å². The van der Waals surface area contributed by atoms with Gasteiger partial charge in [0.05, 0.1) is 19.3 Å². The van der Waals surface area contributed by atoms with Crippen LogP contribution in [0.5, 0.6) is 0 Å². The molecule has 0 spiro atoms. The largest absolute Gasteiger partial charge is 0.480 e. The second-order valence-electron chi connectivity index (χ2n) is 7.36. The maximum absolute atomic E-state index is 12.0. The SMILES string of the molecule is CC(=O)c1c(C)cc(C)c(CN2CCOC(CN(C)CC(=O)O)C2)c1C. The number of hydrogen-bond donors (Lipinski definition) is 1. The molecule has 1 saturated heterocycles. The van der Waals surface area contributed by atoms with Gasteiger partial charge in [-0.25, -0.2) is 0 Å². The predicted octanol–water partition coefficient (Wildman–Crippen LogP) is 2.03. The van der Waals surface area contributed by atoms with Crippen LogP contribution in [0.4, 0.5) is 0 Å². The first-order valence-corrected chi connectivity index (χ1v) is 9.04. The summed E-state index contributed by atoms with van der Waals surface area (Å²) in [5, 5.41) is 8.89. The van der Waals surface area contributed by atoms with Crippen LogP contribution in [0.1, 0.15) is 39.5 Å². The summed E-state index contributed by atoms with van der Waals surface area (Å²) >= 11 is 0. The Morgan fingerprint density at radius 3 is 2.62 bits per heavy atom. The molecule has 0 amide bonds. The fourth-order valence-corrected chi connectivity index (χ4v) is 3.91. The highest BCUT2D eigenvalue weighted by Gasteiger charge is 2.24. The predicted molar refractivity (Wildman–Crippen MR) is 101 cm³/mol. The zero-order chi connectivity index (χ0) is 19.4. The van der Waals surface area contributed by atoms with Crippen molar-refractivity contribution in [2.75, 3.05) is 39.8 Å². The Bertz CT molecular complexity index is 687. The number of ketones is 1. The summed E-state index contributed by atoms with van der Waals surface area (Å²) in [4.78, 5) is 26.9. The molecule has 0 aromatic heterocycles. The van der Waals surface area contributed by atoms with Crippen molar-refractivity contribution in [3.63, 3.8) is 0 Å². The summed E-state index contributed by atoms with van der Waals surface area (Å²) in [5.74, 6) is -0.723. The lowest BCUT2D eigenvalue weighted by atomic mass is 9.91. The van der Waals surface area contributed by atoms with Gasteiger partial charge in [-0.3, -0.25) is 19.4 Å². The molecule has 1 unspecified atom stereocenters. The lowest BCUT2D eigenvalue weighted by Crippen LogP contribution is -2.47. The van der Waals surface area contributed by atoms with Crippen LogP contribution in [0, 0.1) is 20.8 Å². The molecular weight excluding hydrogens is 332 g/mol. The lowest BCUT2D eigenvalue weighted by Gasteiger charge is -2.35. The number of aliphatic carboxylic acids is 1. The topological polar surface area (TPSA) is 70.1 Å². The van der Waals surface area contributed by atoms with Crippen LogP contribution < -0.4 is 0 Å². The Kier molecular flexibility index (Phi) is 6.92. The Morgan fingerprint density at radius 2 is 2.00 bits per heavy atom. The van der Waals surface area contributed by atoms with Gasteiger partial charge in [-0.05, 0) is 57.0 Å². The van der Waals surface area contributed by atoms with Crippen molar-refractivity contribution in [2.24, 2.45) is 0 Å². The summed E-state index contributed by atoms with van der Waals surface area (Å²) in [6.07, 6.45) is -0.00793. The van der Waals surface area contributed by atoms with E-state index < -0.39 is 5.97 Å². The van der Waals surface area contributed by atoms with E-state index in [4.69, 9.17) is 9.84 Å². The molecule has 0 saturated carbocycles. The van der Waals surface area contributed by atoms with Crippen molar-refractivity contribution >= 4 is 11.8 Å². The number of rotatable bonds is 7. The highest BCUT2D eigenvalue weighted by atomic mass is 16.5. The van der Waals surface area contributed by atoms with Gasteiger partial charge in [-0.1, -0.05) is 6.07 Å². The highest BCUT2D eigenvalue weighted by Crippen LogP contribution is 2.25. The van der Waals surface area contributed by atoms with E-state index in [1.54, 1.807) is 18.9 Å². The van der Waals surface area contributed by atoms with Gasteiger partial charge >= 0.3 is 5.97 Å². The average Bonchev–Trinajstić information content (AvgIpc) is 2.50. The quantitative estimate of drug-likeness (QED) is 0.749. The number of ether oxygens (including phenoxy) is 1. The average molecular weight is 362 g/mol. The van der Waals surface area contributed by atoms with Gasteiger partial charge in [0.15, 0.2) is 5.78 Å². The second-order valence-corrected chi connectivity index (χ2v) is 7.36. The first-order chi connectivity index (χ1) is 12.2. The standard InChI is InChI=1S/C20H30N2O4/c1-13-8-14(2)20(16(4)23)15(3)18(13)11-22-6-7-26-17(10-22)9-21(5)12-19(24)25/h8,17H,6-7,9-12H2,1-5H3,(H,24,25). The van der Waals surface area contributed by atoms with Crippen LogP contribution in [0.2, 0.25) is 0 Å². The number of carboxylic acids is 1. The molecule has 1 N–H and O–H groups in total. The third-order valence-corrected chi connectivity index (χ3v) is 5.01. The first-order valence-electron chi connectivity index (χ1n) is 9.04. The van der Waals surface area contributed by atoms with E-state index in [2.05, 4.69) is 17.9 Å². The molecule has 1 atom stereocenters. The minimum absolute atomic E-state index is 0.00793. The Hall–Kier alpha value is -1.76. The van der Waals surface area contributed by atoms with Crippen molar-refractivity contribution in [3.05, 3.63) is 33.9 Å². The van der Waals surface area contributed by atoms with E-state index in [1.807, 2.05) is 13.8 Å². The zero-order valence-electron chi connectivity index (χ0n) is 16.5. The molecule has 1 aliphatic rings. The fraction of sp³-hybridized carbons (Fsp3) is 0.600. The number of aryl methyl sites for hydroxylation is 2. The van der Waals surface area contributed by atoms with Gasteiger partial charge in [0.2, 0.25) is 0 Å². The number of carboxylic acid groups (broad SMARTS) is 1. The summed E-state index contributed by atoms with van der Waals surface area (Å²) in [7, 11) is 1.80. The summed E-state index contributed by atoms with van der Waals surface area (Å²) in [5.41, 5.74) is 5.35. The van der Waals surface area contributed by atoms with E-state index in [0.29, 0.717) is 13.2 Å². The maximum Gasteiger partial charge on any atom is 0.317 e. The maximum atomic E-state index is 12.0. The van der Waals surface area contributed by atoms with Crippen LogP contribution in [-0.4, -0.2) is 72.6 Å². The molecule has 6 nitrogen and oxygen atoms in total. The molecule has 0 aliphatic carbocycles. The van der Waals surface area contributed by atoms with Gasteiger partial charge in [0, 0.05) is 31.7 Å². The van der Waals surface area contributed by atoms with Crippen molar-refractivity contribution < 1.29 is 19.4 Å². The number of benzene rings is 1. The van der Waals surface area contributed by atoms with Crippen molar-refractivity contribution in [1.29, 1.82) is 0 Å². The second kappa shape index (κ2) is 8.75.